The zero-order valence-corrected chi connectivity index (χ0v) is 16.0. The van der Waals surface area contributed by atoms with E-state index in [1.165, 1.54) is 4.90 Å². The topological polar surface area (TPSA) is 72.6 Å². The van der Waals surface area contributed by atoms with E-state index >= 15 is 0 Å². The molecule has 8 heteroatoms. The van der Waals surface area contributed by atoms with E-state index in [4.69, 9.17) is 4.74 Å². The maximum absolute atomic E-state index is 12.9. The maximum atomic E-state index is 12.9. The van der Waals surface area contributed by atoms with Crippen molar-refractivity contribution < 1.29 is 9.53 Å². The molecule has 0 saturated carbocycles. The highest BCUT2D eigenvalue weighted by molar-refractivity contribution is 9.10. The van der Waals surface area contributed by atoms with Crippen molar-refractivity contribution in [3.8, 4) is 0 Å². The Morgan fingerprint density at radius 3 is 2.72 bits per heavy atom. The molecule has 1 amide bonds. The third kappa shape index (κ3) is 3.63. The molecule has 25 heavy (non-hydrogen) atoms. The smallest absolute Gasteiger partial charge is 0.420 e. The first kappa shape index (κ1) is 17.3. The fraction of sp³-hybridized carbons (Fsp3) is 0.294. The first-order valence-electron chi connectivity index (χ1n) is 7.70. The van der Waals surface area contributed by atoms with Crippen LogP contribution in [-0.2, 0) is 4.74 Å². The third-order valence-electron chi connectivity index (χ3n) is 3.25. The molecule has 0 aliphatic carbocycles. The molecule has 0 fully saturated rings. The van der Waals surface area contributed by atoms with Gasteiger partial charge in [-0.15, -0.1) is 0 Å². The molecule has 3 aromatic rings. The minimum absolute atomic E-state index is 0.515. The minimum Gasteiger partial charge on any atom is -0.443 e. The van der Waals surface area contributed by atoms with E-state index in [2.05, 4.69) is 31.0 Å². The number of aromatic nitrogens is 4. The molecule has 0 aliphatic heterocycles. The fourth-order valence-electron chi connectivity index (χ4n) is 2.32. The largest absolute Gasteiger partial charge is 0.443 e. The summed E-state index contributed by atoms with van der Waals surface area (Å²) in [5.41, 5.74) is 1.31. The predicted octanol–water partition coefficient (Wildman–Crippen LogP) is 4.27. The highest BCUT2D eigenvalue weighted by Crippen LogP contribution is 2.29. The number of hydrogen-bond acceptors (Lipinski definition) is 5. The van der Waals surface area contributed by atoms with Crippen molar-refractivity contribution in [2.45, 2.75) is 33.3 Å². The van der Waals surface area contributed by atoms with Gasteiger partial charge >= 0.3 is 6.09 Å². The van der Waals surface area contributed by atoms with Gasteiger partial charge in [0, 0.05) is 18.0 Å². The van der Waals surface area contributed by atoms with E-state index in [1.54, 1.807) is 41.3 Å². The van der Waals surface area contributed by atoms with E-state index in [9.17, 15) is 4.79 Å². The van der Waals surface area contributed by atoms with Gasteiger partial charge in [-0.3, -0.25) is 4.98 Å². The number of hydrogen-bond donors (Lipinski definition) is 0. The number of carbonyl (C=O) groups is 1. The van der Waals surface area contributed by atoms with Gasteiger partial charge in [-0.1, -0.05) is 0 Å². The van der Waals surface area contributed by atoms with Crippen LogP contribution in [0.15, 0.2) is 41.3 Å². The predicted molar refractivity (Wildman–Crippen MR) is 98.0 cm³/mol. The van der Waals surface area contributed by atoms with Crippen molar-refractivity contribution in [1.82, 2.24) is 19.6 Å². The molecule has 3 aromatic heterocycles. The van der Waals surface area contributed by atoms with Crippen LogP contribution in [0.2, 0.25) is 0 Å². The van der Waals surface area contributed by atoms with Crippen LogP contribution in [0, 0.1) is 6.92 Å². The average Bonchev–Trinajstić information content (AvgIpc) is 2.88. The number of pyridine rings is 1. The number of carbonyl (C=O) groups excluding carboxylic acids is 1. The highest BCUT2D eigenvalue weighted by atomic mass is 79.9. The second-order valence-electron chi connectivity index (χ2n) is 6.51. The zero-order chi connectivity index (χ0) is 18.2. The van der Waals surface area contributed by atoms with Crippen LogP contribution in [0.4, 0.5) is 16.3 Å². The van der Waals surface area contributed by atoms with Crippen molar-refractivity contribution >= 4 is 39.2 Å². The number of fused-ring (bicyclic) bond motifs is 1. The fourth-order valence-corrected chi connectivity index (χ4v) is 2.67. The Kier molecular flexibility index (Phi) is 4.47. The van der Waals surface area contributed by atoms with E-state index in [0.717, 1.165) is 10.2 Å². The van der Waals surface area contributed by atoms with E-state index in [-0.39, 0.29) is 0 Å². The number of aryl methyl sites for hydroxylation is 1. The summed E-state index contributed by atoms with van der Waals surface area (Å²) in [7, 11) is 0. The third-order valence-corrected chi connectivity index (χ3v) is 3.81. The maximum Gasteiger partial charge on any atom is 0.420 e. The monoisotopic (exact) mass is 403 g/mol. The highest BCUT2D eigenvalue weighted by Gasteiger charge is 2.27. The number of amides is 1. The average molecular weight is 404 g/mol. The van der Waals surface area contributed by atoms with Crippen molar-refractivity contribution in [2.75, 3.05) is 4.90 Å². The summed E-state index contributed by atoms with van der Waals surface area (Å²) >= 11 is 3.43. The number of halogens is 1. The Morgan fingerprint density at radius 1 is 1.32 bits per heavy atom. The molecule has 3 heterocycles. The first-order chi connectivity index (χ1) is 11.8. The molecule has 0 spiro atoms. The lowest BCUT2D eigenvalue weighted by molar-refractivity contribution is 0.0597. The summed E-state index contributed by atoms with van der Waals surface area (Å²) in [4.78, 5) is 22.9. The molecular formula is C17H18BrN5O2. The SMILES string of the molecule is Cc1cc(N(C(=O)OC(C)(C)C)c2cccnc2)n2ncc(Br)c2n1. The van der Waals surface area contributed by atoms with Crippen LogP contribution in [0.5, 0.6) is 0 Å². The van der Waals surface area contributed by atoms with Crippen molar-refractivity contribution in [1.29, 1.82) is 0 Å². The zero-order valence-electron chi connectivity index (χ0n) is 14.4. The molecule has 0 aliphatic rings. The molecule has 0 atom stereocenters. The number of rotatable bonds is 2. The summed E-state index contributed by atoms with van der Waals surface area (Å²) in [5, 5.41) is 4.32. The Hall–Kier alpha value is -2.48. The van der Waals surface area contributed by atoms with Crippen LogP contribution in [-0.4, -0.2) is 31.3 Å². The minimum atomic E-state index is -0.635. The standard InChI is InChI=1S/C17H18BrN5O2/c1-11-8-14(23-15(21-11)13(18)10-20-23)22(12-6-5-7-19-9-12)16(24)25-17(2,3)4/h5-10H,1-4H3. The van der Waals surface area contributed by atoms with E-state index in [1.807, 2.05) is 27.7 Å². The van der Waals surface area contributed by atoms with Crippen molar-refractivity contribution in [2.24, 2.45) is 0 Å². The Bertz CT molecular complexity index is 918. The van der Waals surface area contributed by atoms with Gasteiger partial charge in [-0.25, -0.2) is 14.7 Å². The molecule has 130 valence electrons. The quantitative estimate of drug-likeness (QED) is 0.638. The van der Waals surface area contributed by atoms with Gasteiger partial charge in [0.2, 0.25) is 0 Å². The Labute approximate surface area is 153 Å². The van der Waals surface area contributed by atoms with E-state index < -0.39 is 11.7 Å². The summed E-state index contributed by atoms with van der Waals surface area (Å²) in [6.45, 7) is 7.33. The molecule has 3 rings (SSSR count). The normalized spacial score (nSPS) is 11.6. The lowest BCUT2D eigenvalue weighted by Crippen LogP contribution is -2.35. The summed E-state index contributed by atoms with van der Waals surface area (Å²) in [6, 6.07) is 5.33. The van der Waals surface area contributed by atoms with Gasteiger partial charge in [-0.05, 0) is 55.8 Å². The number of anilines is 2. The molecule has 7 nitrogen and oxygen atoms in total. The number of ether oxygens (including phenoxy) is 1. The van der Waals surface area contributed by atoms with Crippen LogP contribution >= 0.6 is 15.9 Å². The summed E-state index contributed by atoms with van der Waals surface area (Å²) < 4.78 is 7.92. The van der Waals surface area contributed by atoms with Gasteiger partial charge in [0.15, 0.2) is 5.65 Å². The lowest BCUT2D eigenvalue weighted by atomic mass is 10.2. The molecule has 0 N–H and O–H groups in total. The van der Waals surface area contributed by atoms with E-state index in [0.29, 0.717) is 17.2 Å². The van der Waals surface area contributed by atoms with Crippen LogP contribution in [0.3, 0.4) is 0 Å². The molecule has 0 aromatic carbocycles. The molecule has 0 unspecified atom stereocenters. The van der Waals surface area contributed by atoms with Gasteiger partial charge < -0.3 is 4.74 Å². The molecule has 0 radical (unpaired) electrons. The van der Waals surface area contributed by atoms with Gasteiger partial charge in [0.1, 0.15) is 11.4 Å². The summed E-state index contributed by atoms with van der Waals surface area (Å²) in [5.74, 6) is 0.524. The second kappa shape index (κ2) is 6.44. The van der Waals surface area contributed by atoms with Gasteiger partial charge in [0.05, 0.1) is 22.6 Å². The van der Waals surface area contributed by atoms with Crippen LogP contribution in [0.1, 0.15) is 26.5 Å². The molecule has 0 saturated heterocycles. The van der Waals surface area contributed by atoms with Crippen LogP contribution in [0.25, 0.3) is 5.65 Å². The van der Waals surface area contributed by atoms with Gasteiger partial charge in [0.25, 0.3) is 0 Å². The second-order valence-corrected chi connectivity index (χ2v) is 7.36. The van der Waals surface area contributed by atoms with Gasteiger partial charge in [-0.2, -0.15) is 9.61 Å². The van der Waals surface area contributed by atoms with Crippen molar-refractivity contribution in [3.63, 3.8) is 0 Å². The van der Waals surface area contributed by atoms with Crippen LogP contribution < -0.4 is 4.90 Å². The van der Waals surface area contributed by atoms with Crippen molar-refractivity contribution in [3.05, 3.63) is 47.0 Å². The Morgan fingerprint density at radius 2 is 2.08 bits per heavy atom. The Balaban J connectivity index is 2.20. The molecular weight excluding hydrogens is 386 g/mol. The molecule has 0 bridgehead atoms. The summed E-state index contributed by atoms with van der Waals surface area (Å²) in [6.07, 6.45) is 4.37. The number of nitrogens with zero attached hydrogens (tertiary/aromatic N) is 5. The lowest BCUT2D eigenvalue weighted by Gasteiger charge is -2.27. The first-order valence-corrected chi connectivity index (χ1v) is 8.49.